The number of hydrogen-bond acceptors (Lipinski definition) is 1. The van der Waals surface area contributed by atoms with Crippen molar-refractivity contribution in [3.8, 4) is 22.3 Å². The van der Waals surface area contributed by atoms with E-state index in [9.17, 15) is 0 Å². The molecule has 0 fully saturated rings. The van der Waals surface area contributed by atoms with Gasteiger partial charge < -0.3 is 4.57 Å². The van der Waals surface area contributed by atoms with Gasteiger partial charge in [0.05, 0.1) is 11.0 Å². The minimum Gasteiger partial charge on any atom is -0.310 e. The van der Waals surface area contributed by atoms with Crippen LogP contribution in [0.25, 0.3) is 65.9 Å². The van der Waals surface area contributed by atoms with Gasteiger partial charge >= 0.3 is 0 Å². The number of hydrogen-bond donors (Lipinski definition) is 0. The van der Waals surface area contributed by atoms with Crippen LogP contribution in [0.5, 0.6) is 0 Å². The molecule has 0 radical (unpaired) electrons. The average molecular weight is 578 g/mol. The van der Waals surface area contributed by atoms with Gasteiger partial charge in [-0.15, -0.1) is 11.3 Å². The topological polar surface area (TPSA) is 4.93 Å². The number of allylic oxidation sites excluding steroid dienone is 5. The van der Waals surface area contributed by atoms with Crippen molar-refractivity contribution in [1.82, 2.24) is 4.57 Å². The predicted molar refractivity (Wildman–Crippen MR) is 191 cm³/mol. The first kappa shape index (κ1) is 27.7. The van der Waals surface area contributed by atoms with E-state index in [0.29, 0.717) is 0 Å². The van der Waals surface area contributed by atoms with E-state index in [1.54, 1.807) is 0 Å². The average Bonchev–Trinajstić information content (AvgIpc) is 3.60. The molecule has 0 spiro atoms. The molecule has 0 unspecified atom stereocenters. The second kappa shape index (κ2) is 10.5. The molecular formula is C41H39NS. The molecule has 0 saturated heterocycles. The van der Waals surface area contributed by atoms with Gasteiger partial charge in [-0.3, -0.25) is 0 Å². The largest absolute Gasteiger partial charge is 0.310 e. The van der Waals surface area contributed by atoms with Crippen LogP contribution in [-0.2, 0) is 5.41 Å². The van der Waals surface area contributed by atoms with Crippen molar-refractivity contribution in [2.45, 2.75) is 59.8 Å². The summed E-state index contributed by atoms with van der Waals surface area (Å²) in [5, 5.41) is 4.03. The van der Waals surface area contributed by atoms with Gasteiger partial charge in [0.2, 0.25) is 0 Å². The third kappa shape index (κ3) is 4.18. The first-order valence-electron chi connectivity index (χ1n) is 15.6. The Morgan fingerprint density at radius 3 is 2.33 bits per heavy atom. The summed E-state index contributed by atoms with van der Waals surface area (Å²) in [6.45, 7) is 13.6. The van der Waals surface area contributed by atoms with Crippen LogP contribution in [0, 0.1) is 6.92 Å². The summed E-state index contributed by atoms with van der Waals surface area (Å²) >= 11 is 1.92. The van der Waals surface area contributed by atoms with Crippen LogP contribution in [0.15, 0.2) is 97.1 Å². The van der Waals surface area contributed by atoms with Gasteiger partial charge in [0.25, 0.3) is 0 Å². The van der Waals surface area contributed by atoms with Gasteiger partial charge in [-0.1, -0.05) is 94.5 Å². The van der Waals surface area contributed by atoms with Crippen LogP contribution in [0.4, 0.5) is 0 Å². The van der Waals surface area contributed by atoms with E-state index in [1.165, 1.54) is 81.4 Å². The number of rotatable bonds is 6. The highest BCUT2D eigenvalue weighted by molar-refractivity contribution is 7.19. The number of thiophene rings is 1. The maximum atomic E-state index is 2.46. The Kier molecular flexibility index (Phi) is 6.78. The molecule has 2 heterocycles. The van der Waals surface area contributed by atoms with E-state index in [-0.39, 0.29) is 5.41 Å². The van der Waals surface area contributed by atoms with Crippen molar-refractivity contribution in [2.24, 2.45) is 0 Å². The van der Waals surface area contributed by atoms with E-state index in [1.807, 2.05) is 11.3 Å². The normalized spacial score (nSPS) is 14.6. The monoisotopic (exact) mass is 577 g/mol. The number of nitrogens with zero attached hydrogens (tertiary/aromatic N) is 1. The Balaban J connectivity index is 1.39. The molecule has 6 aromatic rings. The lowest BCUT2D eigenvalue weighted by Crippen LogP contribution is -2.15. The van der Waals surface area contributed by atoms with Crippen molar-refractivity contribution < 1.29 is 0 Å². The molecule has 7 rings (SSSR count). The number of aryl methyl sites for hydroxylation is 1. The van der Waals surface area contributed by atoms with Crippen molar-refractivity contribution in [1.29, 1.82) is 0 Å². The molecule has 1 aliphatic rings. The highest BCUT2D eigenvalue weighted by Crippen LogP contribution is 2.54. The number of aromatic nitrogens is 1. The van der Waals surface area contributed by atoms with Crippen LogP contribution < -0.4 is 0 Å². The van der Waals surface area contributed by atoms with Gasteiger partial charge in [0.1, 0.15) is 0 Å². The molecule has 43 heavy (non-hydrogen) atoms. The molecule has 0 N–H and O–H groups in total. The van der Waals surface area contributed by atoms with Gasteiger partial charge in [0.15, 0.2) is 0 Å². The molecule has 2 heteroatoms. The van der Waals surface area contributed by atoms with E-state index in [4.69, 9.17) is 0 Å². The summed E-state index contributed by atoms with van der Waals surface area (Å²) in [6, 6.07) is 27.7. The second-order valence-electron chi connectivity index (χ2n) is 12.2. The van der Waals surface area contributed by atoms with E-state index in [2.05, 4.69) is 149 Å². The first-order valence-corrected chi connectivity index (χ1v) is 16.5. The lowest BCUT2D eigenvalue weighted by atomic mass is 9.79. The van der Waals surface area contributed by atoms with E-state index in [0.717, 1.165) is 12.8 Å². The first-order chi connectivity index (χ1) is 20.9. The lowest BCUT2D eigenvalue weighted by Gasteiger charge is -2.23. The van der Waals surface area contributed by atoms with Crippen molar-refractivity contribution in [3.63, 3.8) is 0 Å². The summed E-state index contributed by atoms with van der Waals surface area (Å²) in [4.78, 5) is 1.40. The molecule has 0 atom stereocenters. The van der Waals surface area contributed by atoms with Crippen LogP contribution >= 0.6 is 11.3 Å². The molecule has 0 saturated carbocycles. The summed E-state index contributed by atoms with van der Waals surface area (Å²) in [7, 11) is 0. The van der Waals surface area contributed by atoms with Crippen molar-refractivity contribution in [2.75, 3.05) is 0 Å². The Labute approximate surface area is 259 Å². The fourth-order valence-electron chi connectivity index (χ4n) is 7.22. The molecule has 0 amide bonds. The third-order valence-electron chi connectivity index (χ3n) is 9.29. The fourth-order valence-corrected chi connectivity index (χ4v) is 8.28. The van der Waals surface area contributed by atoms with Crippen LogP contribution in [-0.4, -0.2) is 4.57 Å². The maximum absolute atomic E-state index is 2.46. The quantitative estimate of drug-likeness (QED) is 0.174. The van der Waals surface area contributed by atoms with Crippen LogP contribution in [0.2, 0.25) is 0 Å². The van der Waals surface area contributed by atoms with Crippen LogP contribution in [0.3, 0.4) is 0 Å². The van der Waals surface area contributed by atoms with Gasteiger partial charge in [-0.05, 0) is 102 Å². The second-order valence-corrected chi connectivity index (χ2v) is 13.5. The minimum atomic E-state index is -0.0882. The van der Waals surface area contributed by atoms with Crippen molar-refractivity contribution in [3.05, 3.63) is 119 Å². The highest BCUT2D eigenvalue weighted by atomic mass is 32.1. The zero-order valence-electron chi connectivity index (χ0n) is 26.1. The van der Waals surface area contributed by atoms with Crippen LogP contribution in [0.1, 0.15) is 69.0 Å². The fraction of sp³-hybridized carbons (Fsp3) is 0.220. The molecule has 2 aromatic heterocycles. The zero-order valence-corrected chi connectivity index (χ0v) is 26.9. The molecule has 214 valence electrons. The zero-order chi connectivity index (χ0) is 29.9. The molecule has 0 aliphatic heterocycles. The number of para-hydroxylation sites is 1. The minimum absolute atomic E-state index is 0.0882. The summed E-state index contributed by atoms with van der Waals surface area (Å²) in [6.07, 6.45) is 13.4. The lowest BCUT2D eigenvalue weighted by molar-refractivity contribution is 0.666. The van der Waals surface area contributed by atoms with Gasteiger partial charge in [-0.25, -0.2) is 0 Å². The Hall–Kier alpha value is -4.14. The molecule has 1 aliphatic carbocycles. The number of fused-ring (bicyclic) bond motifs is 8. The summed E-state index contributed by atoms with van der Waals surface area (Å²) < 4.78 is 3.80. The SMILES string of the molecule is C/C=C(\C=C/CC)n1c2ccccc2c2cc(-c3ccc4c(c3)C(C)(C)c3c-4ccc4sc(C)c(/C=C\CC)c34)ccc21. The van der Waals surface area contributed by atoms with Gasteiger partial charge in [-0.2, -0.15) is 0 Å². The van der Waals surface area contributed by atoms with Gasteiger partial charge in [0, 0.05) is 36.8 Å². The molecule has 1 nitrogen and oxygen atoms in total. The Bertz CT molecular complexity index is 2140. The molecule has 4 aromatic carbocycles. The van der Waals surface area contributed by atoms with E-state index >= 15 is 0 Å². The number of benzene rings is 4. The maximum Gasteiger partial charge on any atom is 0.0541 e. The molecular weight excluding hydrogens is 539 g/mol. The van der Waals surface area contributed by atoms with Crippen molar-refractivity contribution >= 4 is 55.0 Å². The summed E-state index contributed by atoms with van der Waals surface area (Å²) in [5.74, 6) is 0. The van der Waals surface area contributed by atoms with E-state index < -0.39 is 0 Å². The molecule has 0 bridgehead atoms. The Morgan fingerprint density at radius 2 is 1.53 bits per heavy atom. The highest BCUT2D eigenvalue weighted by Gasteiger charge is 2.38. The summed E-state index contributed by atoms with van der Waals surface area (Å²) in [5.41, 5.74) is 13.2. The standard InChI is InChI=1S/C41H39NS/c1-7-10-14-29(9-3)42-36-17-13-12-16-32(36)34-24-27(19-22-37(34)42)28-18-20-31-33-21-23-38-39(30(15-11-8-2)26(4)43-38)40(33)41(5,6)35(31)25-28/h9-25H,7-8H2,1-6H3/b14-10-,15-11-,29-9+. The smallest absolute Gasteiger partial charge is 0.0541 e. The predicted octanol–water partition coefficient (Wildman–Crippen LogP) is 12.5. The Morgan fingerprint density at radius 1 is 0.814 bits per heavy atom. The third-order valence-corrected chi connectivity index (χ3v) is 10.4.